The topological polar surface area (TPSA) is 49.4 Å². The number of rotatable bonds is 5. The zero-order chi connectivity index (χ0) is 15.5. The van der Waals surface area contributed by atoms with E-state index < -0.39 is 15.8 Å². The molecule has 21 heavy (non-hydrogen) atoms. The molecule has 4 nitrogen and oxygen atoms in total. The Kier molecular flexibility index (Phi) is 5.35. The summed E-state index contributed by atoms with van der Waals surface area (Å²) in [7, 11) is -3.65. The lowest BCUT2D eigenvalue weighted by Gasteiger charge is -2.31. The molecule has 1 aromatic carbocycles. The molecular weight excluding hydrogens is 291 g/mol. The molecular formula is C15H23FN2O2S. The van der Waals surface area contributed by atoms with Crippen molar-refractivity contribution in [2.75, 3.05) is 26.2 Å². The summed E-state index contributed by atoms with van der Waals surface area (Å²) in [6.45, 7) is 7.20. The van der Waals surface area contributed by atoms with Crippen LogP contribution in [0.4, 0.5) is 4.39 Å². The molecule has 0 saturated carbocycles. The van der Waals surface area contributed by atoms with Gasteiger partial charge in [0.25, 0.3) is 0 Å². The Morgan fingerprint density at radius 2 is 2.19 bits per heavy atom. The lowest BCUT2D eigenvalue weighted by atomic mass is 9.98. The molecule has 0 radical (unpaired) electrons. The molecule has 1 aromatic rings. The van der Waals surface area contributed by atoms with Crippen LogP contribution in [-0.4, -0.2) is 39.5 Å². The average Bonchev–Trinajstić information content (AvgIpc) is 2.48. The Morgan fingerprint density at radius 3 is 2.90 bits per heavy atom. The van der Waals surface area contributed by atoms with E-state index in [1.807, 2.05) is 0 Å². The van der Waals surface area contributed by atoms with Gasteiger partial charge in [0.2, 0.25) is 10.0 Å². The van der Waals surface area contributed by atoms with Gasteiger partial charge in [0, 0.05) is 13.1 Å². The van der Waals surface area contributed by atoms with Crippen LogP contribution in [0.5, 0.6) is 0 Å². The van der Waals surface area contributed by atoms with Crippen molar-refractivity contribution in [1.82, 2.24) is 9.62 Å². The van der Waals surface area contributed by atoms with Gasteiger partial charge in [-0.1, -0.05) is 13.0 Å². The van der Waals surface area contributed by atoms with E-state index in [1.54, 1.807) is 6.92 Å². The van der Waals surface area contributed by atoms with Crippen LogP contribution < -0.4 is 4.72 Å². The molecule has 1 fully saturated rings. The van der Waals surface area contributed by atoms with Gasteiger partial charge < -0.3 is 4.90 Å². The summed E-state index contributed by atoms with van der Waals surface area (Å²) in [5, 5.41) is 0. The SMILES string of the molecule is CCN1CCC[C@@H](CNS(=O)(=O)c2cc(F)ccc2C)C1. The largest absolute Gasteiger partial charge is 0.303 e. The van der Waals surface area contributed by atoms with E-state index in [2.05, 4.69) is 16.5 Å². The van der Waals surface area contributed by atoms with E-state index >= 15 is 0 Å². The van der Waals surface area contributed by atoms with Crippen LogP contribution in [0.25, 0.3) is 0 Å². The fraction of sp³-hybridized carbons (Fsp3) is 0.600. The van der Waals surface area contributed by atoms with Crippen molar-refractivity contribution in [2.45, 2.75) is 31.6 Å². The summed E-state index contributed by atoms with van der Waals surface area (Å²) in [6.07, 6.45) is 2.13. The number of nitrogens with zero attached hydrogens (tertiary/aromatic N) is 1. The molecule has 1 heterocycles. The number of aryl methyl sites for hydroxylation is 1. The first-order valence-electron chi connectivity index (χ1n) is 7.40. The fourth-order valence-electron chi connectivity index (χ4n) is 2.77. The summed E-state index contributed by atoms with van der Waals surface area (Å²) in [4.78, 5) is 2.36. The van der Waals surface area contributed by atoms with Crippen molar-refractivity contribution < 1.29 is 12.8 Å². The Hall–Kier alpha value is -0.980. The molecule has 0 bridgehead atoms. The molecule has 118 valence electrons. The molecule has 1 saturated heterocycles. The van der Waals surface area contributed by atoms with Gasteiger partial charge in [-0.3, -0.25) is 0 Å². The molecule has 1 atom stereocenters. The van der Waals surface area contributed by atoms with Gasteiger partial charge in [0.05, 0.1) is 4.90 Å². The third kappa shape index (κ3) is 4.25. The highest BCUT2D eigenvalue weighted by atomic mass is 32.2. The first-order chi connectivity index (χ1) is 9.92. The lowest BCUT2D eigenvalue weighted by Crippen LogP contribution is -2.40. The lowest BCUT2D eigenvalue weighted by molar-refractivity contribution is 0.184. The van der Waals surface area contributed by atoms with Gasteiger partial charge in [0.15, 0.2) is 0 Å². The highest BCUT2D eigenvalue weighted by Crippen LogP contribution is 2.19. The second kappa shape index (κ2) is 6.85. The quantitative estimate of drug-likeness (QED) is 0.906. The number of hydrogen-bond acceptors (Lipinski definition) is 3. The molecule has 0 amide bonds. The number of halogens is 1. The first-order valence-corrected chi connectivity index (χ1v) is 8.89. The Labute approximate surface area is 126 Å². The van der Waals surface area contributed by atoms with Crippen LogP contribution in [0.15, 0.2) is 23.1 Å². The van der Waals surface area contributed by atoms with Crippen molar-refractivity contribution in [3.8, 4) is 0 Å². The van der Waals surface area contributed by atoms with E-state index in [0.717, 1.165) is 38.5 Å². The second-order valence-corrected chi connectivity index (χ2v) is 7.40. The van der Waals surface area contributed by atoms with E-state index in [4.69, 9.17) is 0 Å². The minimum absolute atomic E-state index is 0.0330. The number of nitrogens with one attached hydrogen (secondary N) is 1. The summed E-state index contributed by atoms with van der Waals surface area (Å²) >= 11 is 0. The van der Waals surface area contributed by atoms with Crippen molar-refractivity contribution in [1.29, 1.82) is 0 Å². The molecule has 6 heteroatoms. The Morgan fingerprint density at radius 1 is 1.43 bits per heavy atom. The predicted octanol–water partition coefficient (Wildman–Crippen LogP) is 2.14. The summed E-state index contributed by atoms with van der Waals surface area (Å²) in [6, 6.07) is 3.84. The Balaban J connectivity index is 2.03. The van der Waals surface area contributed by atoms with Crippen molar-refractivity contribution in [3.05, 3.63) is 29.6 Å². The van der Waals surface area contributed by atoms with Crippen LogP contribution in [-0.2, 0) is 10.0 Å². The number of benzene rings is 1. The molecule has 0 aliphatic carbocycles. The maximum atomic E-state index is 13.3. The molecule has 1 N–H and O–H groups in total. The van der Waals surface area contributed by atoms with E-state index in [1.165, 1.54) is 12.1 Å². The van der Waals surface area contributed by atoms with Crippen LogP contribution in [0.2, 0.25) is 0 Å². The first kappa shape index (κ1) is 16.4. The van der Waals surface area contributed by atoms with Gasteiger partial charge in [-0.2, -0.15) is 0 Å². The van der Waals surface area contributed by atoms with Gasteiger partial charge in [-0.05, 0) is 56.5 Å². The zero-order valence-corrected chi connectivity index (χ0v) is 13.4. The van der Waals surface area contributed by atoms with E-state index in [9.17, 15) is 12.8 Å². The predicted molar refractivity (Wildman–Crippen MR) is 81.2 cm³/mol. The molecule has 1 aliphatic rings. The van der Waals surface area contributed by atoms with E-state index in [0.29, 0.717) is 18.0 Å². The summed E-state index contributed by atoms with van der Waals surface area (Å²) in [5.74, 6) is -0.210. The molecule has 1 aliphatic heterocycles. The average molecular weight is 314 g/mol. The maximum absolute atomic E-state index is 13.3. The van der Waals surface area contributed by atoms with Crippen molar-refractivity contribution in [2.24, 2.45) is 5.92 Å². The van der Waals surface area contributed by atoms with E-state index in [-0.39, 0.29) is 4.90 Å². The van der Waals surface area contributed by atoms with Gasteiger partial charge >= 0.3 is 0 Å². The van der Waals surface area contributed by atoms with Gasteiger partial charge in [0.1, 0.15) is 5.82 Å². The highest BCUT2D eigenvalue weighted by Gasteiger charge is 2.22. The summed E-state index contributed by atoms with van der Waals surface area (Å²) < 4.78 is 40.5. The fourth-order valence-corrected chi connectivity index (χ4v) is 4.14. The minimum Gasteiger partial charge on any atom is -0.303 e. The number of piperidine rings is 1. The zero-order valence-electron chi connectivity index (χ0n) is 12.6. The molecule has 2 rings (SSSR count). The van der Waals surface area contributed by atoms with Crippen molar-refractivity contribution >= 4 is 10.0 Å². The van der Waals surface area contributed by atoms with Crippen molar-refractivity contribution in [3.63, 3.8) is 0 Å². The van der Waals surface area contributed by atoms with Crippen LogP contribution in [0.1, 0.15) is 25.3 Å². The van der Waals surface area contributed by atoms with Crippen LogP contribution >= 0.6 is 0 Å². The van der Waals surface area contributed by atoms with Crippen LogP contribution in [0.3, 0.4) is 0 Å². The number of hydrogen-bond donors (Lipinski definition) is 1. The second-order valence-electron chi connectivity index (χ2n) is 5.66. The molecule has 0 unspecified atom stereocenters. The maximum Gasteiger partial charge on any atom is 0.240 e. The molecule has 0 spiro atoms. The van der Waals surface area contributed by atoms with Crippen LogP contribution in [0, 0.1) is 18.7 Å². The normalized spacial score (nSPS) is 20.6. The smallest absolute Gasteiger partial charge is 0.240 e. The Bertz CT molecular complexity index is 589. The molecule has 0 aromatic heterocycles. The summed E-state index contributed by atoms with van der Waals surface area (Å²) in [5.41, 5.74) is 0.558. The third-order valence-corrected chi connectivity index (χ3v) is 5.62. The van der Waals surface area contributed by atoms with Gasteiger partial charge in [-0.25, -0.2) is 17.5 Å². The minimum atomic E-state index is -3.65. The standard InChI is InChI=1S/C15H23FN2O2S/c1-3-18-8-4-5-13(11-18)10-17-21(19,20)15-9-14(16)7-6-12(15)2/h6-7,9,13,17H,3-5,8,10-11H2,1-2H3/t13-/m0/s1. The van der Waals surface area contributed by atoms with Gasteiger partial charge in [-0.15, -0.1) is 0 Å². The number of likely N-dealkylation sites (tertiary alicyclic amines) is 1. The highest BCUT2D eigenvalue weighted by molar-refractivity contribution is 7.89. The third-order valence-electron chi connectivity index (χ3n) is 4.05. The number of sulfonamides is 1. The monoisotopic (exact) mass is 314 g/mol.